The Kier molecular flexibility index (Phi) is 3.78. The van der Waals surface area contributed by atoms with Crippen molar-refractivity contribution in [1.29, 1.82) is 0 Å². The molecule has 1 atom stereocenters. The van der Waals surface area contributed by atoms with E-state index >= 15 is 0 Å². The van der Waals surface area contributed by atoms with Crippen molar-refractivity contribution in [3.05, 3.63) is 18.0 Å². The molecule has 0 amide bonds. The number of hydrogen-bond acceptors (Lipinski definition) is 3. The van der Waals surface area contributed by atoms with Crippen molar-refractivity contribution in [2.75, 3.05) is 13.1 Å². The summed E-state index contributed by atoms with van der Waals surface area (Å²) in [6, 6.07) is 0.364. The van der Waals surface area contributed by atoms with E-state index in [0.717, 1.165) is 32.4 Å². The summed E-state index contributed by atoms with van der Waals surface area (Å²) >= 11 is 0. The molecule has 0 bridgehead atoms. The molecule has 17 heavy (non-hydrogen) atoms. The number of aromatic amines is 1. The number of piperidine rings is 1. The zero-order valence-electron chi connectivity index (χ0n) is 10.1. The number of aliphatic carboxylic acids is 1. The van der Waals surface area contributed by atoms with Gasteiger partial charge in [-0.3, -0.25) is 14.8 Å². The number of hydrogen-bond donors (Lipinski definition) is 2. The summed E-state index contributed by atoms with van der Waals surface area (Å²) in [5, 5.41) is 15.8. The van der Waals surface area contributed by atoms with Crippen LogP contribution in [0, 0.1) is 5.92 Å². The minimum atomic E-state index is -0.652. The molecule has 0 spiro atoms. The summed E-state index contributed by atoms with van der Waals surface area (Å²) < 4.78 is 0. The summed E-state index contributed by atoms with van der Waals surface area (Å²) in [6.07, 6.45) is 6.32. The molecule has 94 valence electrons. The van der Waals surface area contributed by atoms with Gasteiger partial charge < -0.3 is 5.11 Å². The Morgan fingerprint density at radius 3 is 2.82 bits per heavy atom. The average Bonchev–Trinajstić information content (AvgIpc) is 2.84. The standard InChI is InChI=1S/C12H19N3O2/c1-2-11(10-7-13-14-8-10)15-5-3-9(4-6-15)12(16)17/h7-9,11H,2-6H2,1H3,(H,13,14)(H,16,17). The van der Waals surface area contributed by atoms with E-state index in [0.29, 0.717) is 6.04 Å². The van der Waals surface area contributed by atoms with Gasteiger partial charge in [-0.15, -0.1) is 0 Å². The van der Waals surface area contributed by atoms with Gasteiger partial charge in [0.15, 0.2) is 0 Å². The van der Waals surface area contributed by atoms with Crippen LogP contribution in [-0.4, -0.2) is 39.3 Å². The van der Waals surface area contributed by atoms with Gasteiger partial charge in [-0.25, -0.2) is 0 Å². The fraction of sp³-hybridized carbons (Fsp3) is 0.667. The van der Waals surface area contributed by atoms with Crippen LogP contribution in [0.25, 0.3) is 0 Å². The first-order valence-electron chi connectivity index (χ1n) is 6.18. The second-order valence-corrected chi connectivity index (χ2v) is 4.60. The van der Waals surface area contributed by atoms with Crippen LogP contribution in [0.2, 0.25) is 0 Å². The van der Waals surface area contributed by atoms with Gasteiger partial charge in [0, 0.05) is 17.8 Å². The third-order valence-corrected chi connectivity index (χ3v) is 3.61. The monoisotopic (exact) mass is 237 g/mol. The van der Waals surface area contributed by atoms with Crippen LogP contribution in [0.1, 0.15) is 37.8 Å². The molecule has 2 rings (SSSR count). The van der Waals surface area contributed by atoms with E-state index in [1.54, 1.807) is 0 Å². The molecule has 0 saturated carbocycles. The minimum absolute atomic E-state index is 0.159. The minimum Gasteiger partial charge on any atom is -0.481 e. The highest BCUT2D eigenvalue weighted by Crippen LogP contribution is 2.28. The van der Waals surface area contributed by atoms with Crippen molar-refractivity contribution in [2.45, 2.75) is 32.2 Å². The SMILES string of the molecule is CCC(c1cn[nH]c1)N1CCC(C(=O)O)CC1. The van der Waals surface area contributed by atoms with Gasteiger partial charge in [0.1, 0.15) is 0 Å². The highest BCUT2D eigenvalue weighted by atomic mass is 16.4. The van der Waals surface area contributed by atoms with Crippen molar-refractivity contribution in [3.63, 3.8) is 0 Å². The lowest BCUT2D eigenvalue weighted by atomic mass is 9.94. The summed E-state index contributed by atoms with van der Waals surface area (Å²) in [5.41, 5.74) is 1.20. The molecule has 1 saturated heterocycles. The molecular weight excluding hydrogens is 218 g/mol. The zero-order valence-corrected chi connectivity index (χ0v) is 10.1. The van der Waals surface area contributed by atoms with Gasteiger partial charge in [-0.2, -0.15) is 5.10 Å². The van der Waals surface area contributed by atoms with Crippen LogP contribution in [0.3, 0.4) is 0 Å². The Bertz CT molecular complexity index is 356. The largest absolute Gasteiger partial charge is 0.481 e. The second kappa shape index (κ2) is 5.31. The number of nitrogens with one attached hydrogen (secondary N) is 1. The van der Waals surface area contributed by atoms with Crippen LogP contribution >= 0.6 is 0 Å². The molecular formula is C12H19N3O2. The van der Waals surface area contributed by atoms with Crippen molar-refractivity contribution in [2.24, 2.45) is 5.92 Å². The highest BCUT2D eigenvalue weighted by molar-refractivity contribution is 5.70. The predicted molar refractivity (Wildman–Crippen MR) is 63.6 cm³/mol. The number of aromatic nitrogens is 2. The van der Waals surface area contributed by atoms with Gasteiger partial charge >= 0.3 is 5.97 Å². The third kappa shape index (κ3) is 2.66. The molecule has 1 aliphatic rings. The quantitative estimate of drug-likeness (QED) is 0.835. The van der Waals surface area contributed by atoms with Crippen molar-refractivity contribution in [1.82, 2.24) is 15.1 Å². The molecule has 1 fully saturated rings. The maximum atomic E-state index is 10.9. The second-order valence-electron chi connectivity index (χ2n) is 4.60. The summed E-state index contributed by atoms with van der Waals surface area (Å²) in [6.45, 7) is 3.88. The Labute approximate surface area is 101 Å². The number of carbonyl (C=O) groups is 1. The van der Waals surface area contributed by atoms with Crippen LogP contribution < -0.4 is 0 Å². The molecule has 5 heteroatoms. The van der Waals surface area contributed by atoms with Crippen LogP contribution in [-0.2, 0) is 4.79 Å². The van der Waals surface area contributed by atoms with Gasteiger partial charge in [-0.1, -0.05) is 6.92 Å². The summed E-state index contributed by atoms with van der Waals surface area (Å²) in [4.78, 5) is 13.3. The first-order chi connectivity index (χ1) is 8.22. The number of carboxylic acid groups (broad SMARTS) is 1. The van der Waals surface area contributed by atoms with E-state index in [-0.39, 0.29) is 5.92 Å². The first-order valence-corrected chi connectivity index (χ1v) is 6.18. The van der Waals surface area contributed by atoms with E-state index < -0.39 is 5.97 Å². The molecule has 2 N–H and O–H groups in total. The Morgan fingerprint density at radius 2 is 2.35 bits per heavy atom. The van der Waals surface area contributed by atoms with E-state index in [1.807, 2.05) is 12.4 Å². The third-order valence-electron chi connectivity index (χ3n) is 3.61. The number of nitrogens with zero attached hydrogens (tertiary/aromatic N) is 2. The smallest absolute Gasteiger partial charge is 0.306 e. The maximum Gasteiger partial charge on any atom is 0.306 e. The van der Waals surface area contributed by atoms with E-state index in [9.17, 15) is 4.79 Å². The normalized spacial score (nSPS) is 20.3. The Hall–Kier alpha value is -1.36. The first kappa shape index (κ1) is 12.1. The molecule has 1 aliphatic heterocycles. The molecule has 1 unspecified atom stereocenters. The fourth-order valence-corrected chi connectivity index (χ4v) is 2.61. The van der Waals surface area contributed by atoms with E-state index in [4.69, 9.17) is 5.11 Å². The fourth-order valence-electron chi connectivity index (χ4n) is 2.61. The lowest BCUT2D eigenvalue weighted by Gasteiger charge is -2.35. The van der Waals surface area contributed by atoms with Crippen molar-refractivity contribution < 1.29 is 9.90 Å². The predicted octanol–water partition coefficient (Wildman–Crippen LogP) is 1.66. The molecule has 2 heterocycles. The number of H-pyrrole nitrogens is 1. The summed E-state index contributed by atoms with van der Waals surface area (Å²) in [5.74, 6) is -0.811. The average molecular weight is 237 g/mol. The summed E-state index contributed by atoms with van der Waals surface area (Å²) in [7, 11) is 0. The lowest BCUT2D eigenvalue weighted by Crippen LogP contribution is -2.38. The lowest BCUT2D eigenvalue weighted by molar-refractivity contribution is -0.143. The molecule has 0 aliphatic carbocycles. The molecule has 0 aromatic carbocycles. The van der Waals surface area contributed by atoms with E-state index in [2.05, 4.69) is 22.0 Å². The number of carboxylic acids is 1. The van der Waals surface area contributed by atoms with Crippen LogP contribution in [0.15, 0.2) is 12.4 Å². The number of likely N-dealkylation sites (tertiary alicyclic amines) is 1. The number of rotatable bonds is 4. The van der Waals surface area contributed by atoms with Gasteiger partial charge in [0.25, 0.3) is 0 Å². The van der Waals surface area contributed by atoms with Crippen molar-refractivity contribution >= 4 is 5.97 Å². The van der Waals surface area contributed by atoms with Gasteiger partial charge in [-0.05, 0) is 32.4 Å². The highest BCUT2D eigenvalue weighted by Gasteiger charge is 2.28. The molecule has 5 nitrogen and oxygen atoms in total. The topological polar surface area (TPSA) is 69.2 Å². The van der Waals surface area contributed by atoms with Gasteiger partial charge in [0.2, 0.25) is 0 Å². The van der Waals surface area contributed by atoms with Crippen LogP contribution in [0.5, 0.6) is 0 Å². The van der Waals surface area contributed by atoms with Crippen LogP contribution in [0.4, 0.5) is 0 Å². The maximum absolute atomic E-state index is 10.9. The molecule has 1 aromatic heterocycles. The van der Waals surface area contributed by atoms with Gasteiger partial charge in [0.05, 0.1) is 12.1 Å². The van der Waals surface area contributed by atoms with E-state index in [1.165, 1.54) is 5.56 Å². The van der Waals surface area contributed by atoms with Crippen molar-refractivity contribution in [3.8, 4) is 0 Å². The Balaban J connectivity index is 1.97. The molecule has 0 radical (unpaired) electrons. The molecule has 1 aromatic rings. The Morgan fingerprint density at radius 1 is 1.65 bits per heavy atom. The zero-order chi connectivity index (χ0) is 12.3.